The summed E-state index contributed by atoms with van der Waals surface area (Å²) in [4.78, 5) is 13.6. The quantitative estimate of drug-likeness (QED) is 0.357. The Morgan fingerprint density at radius 3 is 2.45 bits per heavy atom. The minimum absolute atomic E-state index is 0.0297. The number of nitrogens with two attached hydrogens (primary N) is 1. The minimum Gasteiger partial charge on any atom is -0.349 e. The van der Waals surface area contributed by atoms with E-state index in [9.17, 15) is 13.2 Å². The van der Waals surface area contributed by atoms with Crippen molar-refractivity contribution in [2.75, 3.05) is 5.75 Å². The first-order valence-corrected chi connectivity index (χ1v) is 13.3. The number of hydrogen-bond donors (Lipinski definition) is 2. The molecule has 4 aromatic rings. The number of aromatic nitrogens is 3. The number of nitrogens with one attached hydrogen (secondary N) is 1. The van der Waals surface area contributed by atoms with E-state index in [0.29, 0.717) is 5.16 Å². The lowest BCUT2D eigenvalue weighted by atomic mass is 10.1. The zero-order valence-electron chi connectivity index (χ0n) is 17.6. The predicted molar refractivity (Wildman–Crippen MR) is 130 cm³/mol. The number of carbonyl (C=O) groups is 1. The maximum absolute atomic E-state index is 12.6. The van der Waals surface area contributed by atoms with Crippen LogP contribution in [0.3, 0.4) is 0 Å². The number of carbonyl (C=O) groups excluding carboxylic acids is 1. The van der Waals surface area contributed by atoms with Crippen LogP contribution in [0.5, 0.6) is 0 Å². The molecule has 0 spiro atoms. The highest BCUT2D eigenvalue weighted by molar-refractivity contribution is 7.99. The lowest BCUT2D eigenvalue weighted by molar-refractivity contribution is -0.119. The highest BCUT2D eigenvalue weighted by Gasteiger charge is 2.18. The van der Waals surface area contributed by atoms with E-state index in [1.165, 1.54) is 23.9 Å². The van der Waals surface area contributed by atoms with Crippen LogP contribution in [0.1, 0.15) is 18.5 Å². The summed E-state index contributed by atoms with van der Waals surface area (Å²) in [5.74, 6) is 0.695. The third kappa shape index (κ3) is 5.50. The van der Waals surface area contributed by atoms with Gasteiger partial charge in [-0.15, -0.1) is 21.5 Å². The van der Waals surface area contributed by atoms with Gasteiger partial charge in [0.15, 0.2) is 11.0 Å². The van der Waals surface area contributed by atoms with Gasteiger partial charge in [0.25, 0.3) is 0 Å². The van der Waals surface area contributed by atoms with Gasteiger partial charge in [-0.3, -0.25) is 9.36 Å². The zero-order valence-corrected chi connectivity index (χ0v) is 20.0. The van der Waals surface area contributed by atoms with Crippen LogP contribution in [-0.2, 0) is 14.8 Å². The van der Waals surface area contributed by atoms with E-state index in [-0.39, 0.29) is 22.6 Å². The van der Waals surface area contributed by atoms with Crippen molar-refractivity contribution in [1.29, 1.82) is 0 Å². The molecule has 0 aliphatic rings. The van der Waals surface area contributed by atoms with Gasteiger partial charge in [0.05, 0.1) is 21.6 Å². The molecule has 1 atom stereocenters. The summed E-state index contributed by atoms with van der Waals surface area (Å²) in [6.45, 7) is 1.83. The molecule has 0 unspecified atom stereocenters. The Labute approximate surface area is 199 Å². The molecule has 3 N–H and O–H groups in total. The lowest BCUT2D eigenvalue weighted by Gasteiger charge is -2.15. The van der Waals surface area contributed by atoms with Gasteiger partial charge in [0.2, 0.25) is 15.9 Å². The zero-order chi connectivity index (χ0) is 23.4. The molecule has 2 heterocycles. The van der Waals surface area contributed by atoms with Gasteiger partial charge in [0, 0.05) is 5.69 Å². The summed E-state index contributed by atoms with van der Waals surface area (Å²) >= 11 is 2.87. The van der Waals surface area contributed by atoms with Crippen LogP contribution < -0.4 is 10.5 Å². The van der Waals surface area contributed by atoms with Gasteiger partial charge in [-0.2, -0.15) is 0 Å². The Kier molecular flexibility index (Phi) is 6.94. The molecule has 0 saturated carbocycles. The Hall–Kier alpha value is -2.99. The number of sulfonamides is 1. The van der Waals surface area contributed by atoms with E-state index in [0.717, 1.165) is 22.0 Å². The van der Waals surface area contributed by atoms with Crippen LogP contribution in [0.25, 0.3) is 16.4 Å². The molecule has 0 saturated heterocycles. The summed E-state index contributed by atoms with van der Waals surface area (Å²) in [5.41, 5.74) is 1.69. The van der Waals surface area contributed by atoms with Crippen molar-refractivity contribution < 1.29 is 13.2 Å². The van der Waals surface area contributed by atoms with Crippen molar-refractivity contribution >= 4 is 39.0 Å². The molecule has 170 valence electrons. The second kappa shape index (κ2) is 9.87. The smallest absolute Gasteiger partial charge is 0.238 e. The number of thioether (sulfide) groups is 1. The number of primary sulfonamides is 1. The SMILES string of the molecule is C[C@@H](NC(=O)CSc1nnc(-c2cccs2)n1-c1ccccc1)c1ccc(S(N)(=O)=O)cc1. The Morgan fingerprint density at radius 1 is 1.09 bits per heavy atom. The first-order valence-electron chi connectivity index (χ1n) is 9.92. The predicted octanol–water partition coefficient (Wildman–Crippen LogP) is 3.61. The maximum atomic E-state index is 12.6. The lowest BCUT2D eigenvalue weighted by Crippen LogP contribution is -2.28. The fraction of sp³-hybridized carbons (Fsp3) is 0.136. The fourth-order valence-electron chi connectivity index (χ4n) is 3.18. The number of thiophene rings is 1. The highest BCUT2D eigenvalue weighted by atomic mass is 32.2. The van der Waals surface area contributed by atoms with Crippen LogP contribution in [0.4, 0.5) is 0 Å². The molecule has 8 nitrogen and oxygen atoms in total. The first-order chi connectivity index (χ1) is 15.8. The number of para-hydroxylation sites is 1. The Balaban J connectivity index is 1.46. The number of rotatable bonds is 8. The van der Waals surface area contributed by atoms with Crippen LogP contribution in [0.2, 0.25) is 0 Å². The monoisotopic (exact) mass is 499 g/mol. The summed E-state index contributed by atoms with van der Waals surface area (Å²) < 4.78 is 24.8. The third-order valence-electron chi connectivity index (χ3n) is 4.81. The normalized spacial score (nSPS) is 12.4. The molecule has 0 bridgehead atoms. The second-order valence-corrected chi connectivity index (χ2v) is 10.6. The van der Waals surface area contributed by atoms with E-state index in [1.54, 1.807) is 23.5 Å². The molecule has 0 radical (unpaired) electrons. The third-order valence-corrected chi connectivity index (χ3v) is 7.53. The van der Waals surface area contributed by atoms with E-state index < -0.39 is 10.0 Å². The molecule has 4 rings (SSSR count). The average molecular weight is 500 g/mol. The summed E-state index contributed by atoms with van der Waals surface area (Å²) in [7, 11) is -3.75. The van der Waals surface area contributed by atoms with Gasteiger partial charge in [-0.1, -0.05) is 48.2 Å². The molecule has 1 amide bonds. The van der Waals surface area contributed by atoms with Crippen LogP contribution in [0.15, 0.2) is 82.2 Å². The topological polar surface area (TPSA) is 120 Å². The number of hydrogen-bond acceptors (Lipinski definition) is 7. The maximum Gasteiger partial charge on any atom is 0.238 e. The molecular formula is C22H21N5O3S3. The number of amides is 1. The summed E-state index contributed by atoms with van der Waals surface area (Å²) in [6.07, 6.45) is 0. The Bertz CT molecular complexity index is 1340. The molecule has 2 aromatic heterocycles. The second-order valence-electron chi connectivity index (χ2n) is 7.15. The summed E-state index contributed by atoms with van der Waals surface area (Å²) in [6, 6.07) is 19.5. The van der Waals surface area contributed by atoms with E-state index in [2.05, 4.69) is 15.5 Å². The molecule has 0 aliphatic carbocycles. The van der Waals surface area contributed by atoms with Crippen LogP contribution >= 0.6 is 23.1 Å². The van der Waals surface area contributed by atoms with E-state index in [4.69, 9.17) is 5.14 Å². The highest BCUT2D eigenvalue weighted by Crippen LogP contribution is 2.30. The molecule has 0 aliphatic heterocycles. The number of nitrogens with zero attached hydrogens (tertiary/aromatic N) is 3. The molecule has 0 fully saturated rings. The Morgan fingerprint density at radius 2 is 1.82 bits per heavy atom. The van der Waals surface area contributed by atoms with Crippen molar-refractivity contribution in [2.24, 2.45) is 5.14 Å². The van der Waals surface area contributed by atoms with Gasteiger partial charge in [0.1, 0.15) is 0 Å². The summed E-state index contributed by atoms with van der Waals surface area (Å²) in [5, 5.41) is 19.3. The van der Waals surface area contributed by atoms with Crippen LogP contribution in [0, 0.1) is 0 Å². The van der Waals surface area contributed by atoms with Crippen molar-refractivity contribution in [3.05, 3.63) is 77.7 Å². The van der Waals surface area contributed by atoms with Gasteiger partial charge in [-0.05, 0) is 48.2 Å². The first kappa shape index (κ1) is 23.2. The minimum atomic E-state index is -3.75. The van der Waals surface area contributed by atoms with E-state index >= 15 is 0 Å². The van der Waals surface area contributed by atoms with Gasteiger partial charge < -0.3 is 5.32 Å². The van der Waals surface area contributed by atoms with Gasteiger partial charge >= 0.3 is 0 Å². The molecule has 2 aromatic carbocycles. The van der Waals surface area contributed by atoms with Crippen molar-refractivity contribution in [3.63, 3.8) is 0 Å². The molecule has 33 heavy (non-hydrogen) atoms. The average Bonchev–Trinajstić information content (AvgIpc) is 3.47. The van der Waals surface area contributed by atoms with Crippen molar-refractivity contribution in [3.8, 4) is 16.4 Å². The fourth-order valence-corrected chi connectivity index (χ4v) is 5.16. The largest absolute Gasteiger partial charge is 0.349 e. The van der Waals surface area contributed by atoms with Crippen molar-refractivity contribution in [2.45, 2.75) is 23.0 Å². The molecule has 11 heteroatoms. The number of benzene rings is 2. The van der Waals surface area contributed by atoms with Crippen molar-refractivity contribution in [1.82, 2.24) is 20.1 Å². The van der Waals surface area contributed by atoms with Gasteiger partial charge in [-0.25, -0.2) is 13.6 Å². The van der Waals surface area contributed by atoms with Crippen LogP contribution in [-0.4, -0.2) is 34.8 Å². The standard InChI is InChI=1S/C22H21N5O3S3/c1-15(16-9-11-18(12-10-16)33(23,29)30)24-20(28)14-32-22-26-25-21(19-8-5-13-31-19)27(22)17-6-3-2-4-7-17/h2-13,15H,14H2,1H3,(H,24,28)(H2,23,29,30)/t15-/m1/s1. The van der Waals surface area contributed by atoms with E-state index in [1.807, 2.05) is 59.3 Å². The molecular weight excluding hydrogens is 478 g/mol.